The second-order valence-corrected chi connectivity index (χ2v) is 13.0. The highest BCUT2D eigenvalue weighted by molar-refractivity contribution is 8.01. The Morgan fingerprint density at radius 1 is 0.711 bits per heavy atom. The third-order valence-corrected chi connectivity index (χ3v) is 9.40. The molecule has 2 aromatic rings. The number of rotatable bonds is 12. The minimum absolute atomic E-state index is 0.0854. The molecule has 0 saturated heterocycles. The molecule has 0 N–H and O–H groups in total. The van der Waals surface area contributed by atoms with Gasteiger partial charge in [0.15, 0.2) is 0 Å². The molecule has 0 aliphatic heterocycles. The molecule has 20 heteroatoms. The second-order valence-electron chi connectivity index (χ2n) is 6.76. The Hall–Kier alpha value is -1.44. The van der Waals surface area contributed by atoms with Gasteiger partial charge in [0.2, 0.25) is 13.6 Å². The maximum atomic E-state index is 12.8. The Labute approximate surface area is 222 Å². The summed E-state index contributed by atoms with van der Waals surface area (Å²) in [7, 11) is -13.0. The minimum atomic E-state index is -4.85. The van der Waals surface area contributed by atoms with Gasteiger partial charge in [-0.1, -0.05) is 33.3 Å². The molecule has 0 amide bonds. The molecule has 0 radical (unpaired) electrons. The van der Waals surface area contributed by atoms with E-state index in [0.717, 1.165) is 12.1 Å². The topological polar surface area (TPSA) is 122 Å². The third-order valence-electron chi connectivity index (χ3n) is 4.03. The summed E-state index contributed by atoms with van der Waals surface area (Å²) in [6.07, 6.45) is 0. The number of thioether (sulfide) groups is 2. The van der Waals surface area contributed by atoms with Crippen molar-refractivity contribution in [3.8, 4) is 0 Å². The van der Waals surface area contributed by atoms with Crippen LogP contribution in [0, 0.1) is 13.8 Å². The van der Waals surface area contributed by atoms with Gasteiger partial charge in [0.05, 0.1) is 0 Å². The Bertz CT molecular complexity index is 1280. The monoisotopic (exact) mass is 649 g/mol. The maximum Gasteiger partial charge on any atom is 0.702 e. The fourth-order valence-electron chi connectivity index (χ4n) is 2.71. The predicted octanol–water partition coefficient (Wildman–Crippen LogP) is 6.24. The van der Waals surface area contributed by atoms with Crippen LogP contribution in [-0.2, 0) is 42.2 Å². The molecule has 38 heavy (non-hydrogen) atoms. The SMILES string of the molecule is Cc1cccc(SC(F)(F)F)c1S(=O)(=O)OCO[P+](=O)OCOS(=O)(=O)c1c(C)cccc1SC(F)(F)F. The molecular weight excluding hydrogens is 633 g/mol. The second kappa shape index (κ2) is 12.8. The van der Waals surface area contributed by atoms with Crippen LogP contribution in [0.2, 0.25) is 0 Å². The van der Waals surface area contributed by atoms with Crippen LogP contribution < -0.4 is 0 Å². The molecule has 0 unspecified atom stereocenters. The van der Waals surface area contributed by atoms with Crippen LogP contribution in [0.4, 0.5) is 26.3 Å². The van der Waals surface area contributed by atoms with E-state index >= 15 is 0 Å². The van der Waals surface area contributed by atoms with Crippen molar-refractivity contribution in [2.45, 2.75) is 44.4 Å². The first-order valence-corrected chi connectivity index (χ1v) is 15.1. The summed E-state index contributed by atoms with van der Waals surface area (Å²) in [6.45, 7) is -0.185. The highest BCUT2D eigenvalue weighted by Crippen LogP contribution is 2.42. The van der Waals surface area contributed by atoms with Crippen LogP contribution in [0.5, 0.6) is 0 Å². The van der Waals surface area contributed by atoms with Crippen molar-refractivity contribution in [1.29, 1.82) is 0 Å². The van der Waals surface area contributed by atoms with Gasteiger partial charge in [-0.2, -0.15) is 43.2 Å². The third kappa shape index (κ3) is 9.95. The van der Waals surface area contributed by atoms with E-state index in [4.69, 9.17) is 0 Å². The first-order chi connectivity index (χ1) is 17.3. The number of alkyl halides is 6. The molecule has 0 atom stereocenters. The van der Waals surface area contributed by atoms with Gasteiger partial charge in [-0.3, -0.25) is 0 Å². The van der Waals surface area contributed by atoms with E-state index in [1.54, 1.807) is 0 Å². The molecule has 0 saturated carbocycles. The van der Waals surface area contributed by atoms with Gasteiger partial charge in [0.25, 0.3) is 0 Å². The van der Waals surface area contributed by atoms with Crippen LogP contribution in [0.3, 0.4) is 0 Å². The Balaban J connectivity index is 1.99. The van der Waals surface area contributed by atoms with Gasteiger partial charge < -0.3 is 0 Å². The molecule has 0 aromatic heterocycles. The number of hydrogen-bond donors (Lipinski definition) is 0. The zero-order valence-electron chi connectivity index (χ0n) is 18.9. The van der Waals surface area contributed by atoms with Crippen molar-refractivity contribution in [3.63, 3.8) is 0 Å². The Morgan fingerprint density at radius 3 is 1.37 bits per heavy atom. The lowest BCUT2D eigenvalue weighted by Crippen LogP contribution is -2.13. The summed E-state index contributed by atoms with van der Waals surface area (Å²) >= 11 is -1.39. The summed E-state index contributed by atoms with van der Waals surface area (Å²) in [5.74, 6) is 0. The van der Waals surface area contributed by atoms with Crippen LogP contribution >= 0.6 is 31.8 Å². The van der Waals surface area contributed by atoms with E-state index in [1.165, 1.54) is 38.1 Å². The molecule has 0 heterocycles. The molecule has 9 nitrogen and oxygen atoms in total. The van der Waals surface area contributed by atoms with E-state index in [1.807, 2.05) is 0 Å². The lowest BCUT2D eigenvalue weighted by atomic mass is 10.2. The first-order valence-electron chi connectivity index (χ1n) is 9.55. The number of hydrogen-bond acceptors (Lipinski definition) is 11. The molecule has 0 bridgehead atoms. The average molecular weight is 650 g/mol. The van der Waals surface area contributed by atoms with E-state index in [-0.39, 0.29) is 11.1 Å². The van der Waals surface area contributed by atoms with Crippen molar-refractivity contribution >= 4 is 52.0 Å². The highest BCUT2D eigenvalue weighted by atomic mass is 32.2. The zero-order valence-corrected chi connectivity index (χ0v) is 23.1. The fraction of sp³-hybridized carbons (Fsp3) is 0.333. The molecule has 0 aliphatic rings. The van der Waals surface area contributed by atoms with Crippen molar-refractivity contribution in [2.75, 3.05) is 13.6 Å². The van der Waals surface area contributed by atoms with Crippen molar-refractivity contribution < 1.29 is 65.2 Å². The summed E-state index contributed by atoms with van der Waals surface area (Å²) < 4.78 is 156. The van der Waals surface area contributed by atoms with Crippen molar-refractivity contribution in [2.24, 2.45) is 0 Å². The van der Waals surface area contributed by atoms with Gasteiger partial charge in [-0.05, 0) is 60.6 Å². The molecule has 212 valence electrons. The van der Waals surface area contributed by atoms with E-state index in [2.05, 4.69) is 17.4 Å². The Kier molecular flexibility index (Phi) is 11.1. The smallest absolute Gasteiger partial charge is 0.232 e. The molecule has 0 aliphatic carbocycles. The van der Waals surface area contributed by atoms with Crippen LogP contribution in [0.25, 0.3) is 0 Å². The summed E-state index contributed by atoms with van der Waals surface area (Å²) in [6, 6.07) is 6.62. The fourth-order valence-corrected chi connectivity index (χ4v) is 7.51. The lowest BCUT2D eigenvalue weighted by molar-refractivity contribution is -0.0338. The molecule has 2 aromatic carbocycles. The van der Waals surface area contributed by atoms with Crippen molar-refractivity contribution in [1.82, 2.24) is 0 Å². The standard InChI is InChI=1S/C18H16F6O9PS4/c1-11-5-3-7-13(35-17(19,20)21)15(11)37(26,27)32-9-30-34(25)31-10-33-38(28,29)16-12(2)6-4-8-14(16)36-18(22,23)24/h3-8H,9-10H2,1-2H3/q+1. The summed E-state index contributed by atoms with van der Waals surface area (Å²) in [5.41, 5.74) is -9.79. The van der Waals surface area contributed by atoms with Crippen LogP contribution in [0.15, 0.2) is 56.0 Å². The van der Waals surface area contributed by atoms with Gasteiger partial charge in [0, 0.05) is 14.4 Å². The van der Waals surface area contributed by atoms with E-state index < -0.39 is 96.2 Å². The molecule has 0 fully saturated rings. The normalized spacial score (nSPS) is 13.1. The largest absolute Gasteiger partial charge is 0.702 e. The van der Waals surface area contributed by atoms with Gasteiger partial charge in [-0.25, -0.2) is 8.37 Å². The maximum absolute atomic E-state index is 12.8. The van der Waals surface area contributed by atoms with Crippen LogP contribution in [0.1, 0.15) is 11.1 Å². The van der Waals surface area contributed by atoms with Gasteiger partial charge >= 0.3 is 39.5 Å². The van der Waals surface area contributed by atoms with Gasteiger partial charge in [0.1, 0.15) is 9.79 Å². The number of halogens is 6. The van der Waals surface area contributed by atoms with Gasteiger partial charge in [-0.15, -0.1) is 0 Å². The zero-order chi connectivity index (χ0) is 28.9. The Morgan fingerprint density at radius 2 is 1.05 bits per heavy atom. The number of benzene rings is 2. The molecule has 0 spiro atoms. The summed E-state index contributed by atoms with van der Waals surface area (Å²) in [4.78, 5) is -2.98. The van der Waals surface area contributed by atoms with E-state index in [9.17, 15) is 47.7 Å². The highest BCUT2D eigenvalue weighted by Gasteiger charge is 2.36. The number of aryl methyl sites for hydroxylation is 2. The average Bonchev–Trinajstić information content (AvgIpc) is 2.70. The predicted molar refractivity (Wildman–Crippen MR) is 122 cm³/mol. The van der Waals surface area contributed by atoms with Crippen LogP contribution in [-0.4, -0.2) is 41.4 Å². The lowest BCUT2D eigenvalue weighted by Gasteiger charge is -2.13. The molecule has 2 rings (SSSR count). The quantitative estimate of drug-likeness (QED) is 0.0854. The van der Waals surface area contributed by atoms with E-state index in [0.29, 0.717) is 0 Å². The van der Waals surface area contributed by atoms with Crippen molar-refractivity contribution in [3.05, 3.63) is 47.5 Å². The summed E-state index contributed by atoms with van der Waals surface area (Å²) in [5, 5.41) is 0. The first kappa shape index (κ1) is 32.8. The minimum Gasteiger partial charge on any atom is -0.232 e. The molecular formula is C18H16F6O9PS4+.